The van der Waals surface area contributed by atoms with Crippen LogP contribution in [0.5, 0.6) is 23.0 Å². The lowest BCUT2D eigenvalue weighted by Crippen LogP contribution is -2.47. The molecule has 3 unspecified atom stereocenters. The molecule has 5 rings (SSSR count). The van der Waals surface area contributed by atoms with Gasteiger partial charge in [-0.15, -0.1) is 0 Å². The first-order valence-corrected chi connectivity index (χ1v) is 10.2. The summed E-state index contributed by atoms with van der Waals surface area (Å²) in [4.78, 5) is -0.435. The van der Waals surface area contributed by atoms with E-state index in [2.05, 4.69) is 14.2 Å². The molecule has 0 saturated carbocycles. The number of aliphatic hydroxyl groups is 1. The number of nitrogens with zero attached hydrogens (tertiary/aromatic N) is 1. The van der Waals surface area contributed by atoms with Crippen molar-refractivity contribution in [2.45, 2.75) is 12.2 Å². The molecule has 3 aliphatic rings. The van der Waals surface area contributed by atoms with Crippen LogP contribution in [0.1, 0.15) is 42.5 Å². The summed E-state index contributed by atoms with van der Waals surface area (Å²) in [5, 5.41) is 15.6. The minimum atomic E-state index is -4.15. The van der Waals surface area contributed by atoms with Crippen molar-refractivity contribution >= 4 is 0 Å². The topological polar surface area (TPSA) is 109 Å². The summed E-state index contributed by atoms with van der Waals surface area (Å²) in [6.07, 6.45) is -6.68. The van der Waals surface area contributed by atoms with Crippen molar-refractivity contribution in [1.29, 1.82) is 0 Å². The number of β-amino-alcohol motifs (C(OH)–C–C–N with tert-alkyl or cyclic N) is 1. The molecule has 0 radical (unpaired) electrons. The standard InChI is InChI=1S/C14H22N2O3.C10H12O3.C4H10N2/c1-18-13-4-2-3-5-14(13)19-11-12(17)10-16-8-6-15-7-9-16;1-11-9-4-2-3-5-10(9)13-7-8-6-12-8;1-2-6-4-3-5-1/h2-5,12,15,17H,6-11H2,1H3;2-5,8H,6-7H2,1H3;5-6H,1-4H2/i1D3,6D2,7D2,8D,9D2,10D2,11D2,12D;1D3,6D2,7D2,8D;1D2,2D2,3D2,4D2. The molecule has 2 aromatic carbocycles. The Hall–Kier alpha value is -2.60. The molecular formula is C28H44N4O6. The number of piperazine rings is 2. The lowest BCUT2D eigenvalue weighted by molar-refractivity contribution is 0.0632. The van der Waals surface area contributed by atoms with Gasteiger partial charge in [-0.05, 0) is 24.3 Å². The van der Waals surface area contributed by atoms with E-state index in [9.17, 15) is 5.11 Å². The Balaban J connectivity index is 0.000000304. The van der Waals surface area contributed by atoms with Gasteiger partial charge in [-0.3, -0.25) is 4.90 Å². The van der Waals surface area contributed by atoms with E-state index in [0.29, 0.717) is 0 Å². The molecule has 3 heterocycles. The van der Waals surface area contributed by atoms with Gasteiger partial charge in [0.05, 0.1) is 39.8 Å². The monoisotopic (exact) mass is 564 g/mol. The molecule has 2 aromatic rings. The zero-order valence-corrected chi connectivity index (χ0v) is 19.1. The van der Waals surface area contributed by atoms with Crippen LogP contribution in [0.25, 0.3) is 0 Å². The lowest BCUT2D eigenvalue weighted by atomic mass is 10.3. The third-order valence-electron chi connectivity index (χ3n) is 3.74. The third-order valence-corrected chi connectivity index (χ3v) is 3.74. The highest BCUT2D eigenvalue weighted by atomic mass is 16.6. The number of benzene rings is 2. The van der Waals surface area contributed by atoms with Crippen LogP contribution in [0.15, 0.2) is 48.5 Å². The highest BCUT2D eigenvalue weighted by molar-refractivity contribution is 5.40. The summed E-state index contributed by atoms with van der Waals surface area (Å²) in [5.74, 6) is -1.75. The van der Waals surface area contributed by atoms with E-state index in [1.54, 1.807) is 16.0 Å². The summed E-state index contributed by atoms with van der Waals surface area (Å²) in [7, 11) is -5.76. The molecule has 4 N–H and O–H groups in total. The van der Waals surface area contributed by atoms with Crippen LogP contribution >= 0.6 is 0 Å². The molecule has 3 saturated heterocycles. The Morgan fingerprint density at radius 3 is 2.11 bits per heavy atom. The fourth-order valence-corrected chi connectivity index (χ4v) is 2.15. The minimum Gasteiger partial charge on any atom is -0.493 e. The van der Waals surface area contributed by atoms with Gasteiger partial charge in [0, 0.05) is 81.8 Å². The van der Waals surface area contributed by atoms with E-state index in [1.807, 2.05) is 0 Å². The maximum atomic E-state index is 10.7. The zero-order valence-electron chi connectivity index (χ0n) is 50.1. The highest BCUT2D eigenvalue weighted by Gasteiger charge is 2.23. The first-order chi connectivity index (χ1) is 30.2. The van der Waals surface area contributed by atoms with E-state index in [4.69, 9.17) is 52.0 Å². The zero-order chi connectivity index (χ0) is 54.3. The van der Waals surface area contributed by atoms with Gasteiger partial charge in [-0.1, -0.05) is 24.3 Å². The number of nitrogens with one attached hydrogen (secondary N) is 3. The van der Waals surface area contributed by atoms with Crippen LogP contribution in [0.4, 0.5) is 0 Å². The summed E-state index contributed by atoms with van der Waals surface area (Å²) in [6, 6.07) is 10.0. The van der Waals surface area contributed by atoms with E-state index >= 15 is 0 Å². The Morgan fingerprint density at radius 1 is 0.974 bits per heavy atom. The van der Waals surface area contributed by atoms with Gasteiger partial charge in [0.1, 0.15) is 25.3 Å². The Labute approximate surface area is 270 Å². The van der Waals surface area contributed by atoms with Crippen LogP contribution in [0, 0.1) is 0 Å². The first-order valence-electron chi connectivity index (χ1n) is 25.7. The van der Waals surface area contributed by atoms with Crippen LogP contribution in [0.3, 0.4) is 0 Å². The number of epoxide rings is 1. The number of hydrogen-bond acceptors (Lipinski definition) is 10. The van der Waals surface area contributed by atoms with Crippen molar-refractivity contribution in [3.63, 3.8) is 0 Å². The van der Waals surface area contributed by atoms with Gasteiger partial charge >= 0.3 is 0 Å². The number of para-hydroxylation sites is 4. The van der Waals surface area contributed by atoms with Crippen LogP contribution in [-0.2, 0) is 4.74 Å². The van der Waals surface area contributed by atoms with Gasteiger partial charge < -0.3 is 44.7 Å². The molecule has 10 heteroatoms. The number of methoxy groups -OCH3 is 2. The van der Waals surface area contributed by atoms with Gasteiger partial charge in [0.25, 0.3) is 0 Å². The fourth-order valence-electron chi connectivity index (χ4n) is 2.15. The largest absolute Gasteiger partial charge is 0.493 e. The molecule has 10 nitrogen and oxygen atoms in total. The lowest BCUT2D eigenvalue weighted by Gasteiger charge is -2.29. The van der Waals surface area contributed by atoms with E-state index < -0.39 is 121 Å². The summed E-state index contributed by atoms with van der Waals surface area (Å²) in [6.45, 7) is -36.5. The summed E-state index contributed by atoms with van der Waals surface area (Å²) < 4.78 is 256. The Morgan fingerprint density at radius 2 is 1.53 bits per heavy atom. The minimum absolute atomic E-state index is 0.244. The highest BCUT2D eigenvalue weighted by Crippen LogP contribution is 2.27. The molecule has 0 amide bonds. The average molecular weight is 564 g/mol. The normalized spacial score (nSPS) is 48.7. The maximum absolute atomic E-state index is 10.7. The van der Waals surface area contributed by atoms with Gasteiger partial charge in [-0.2, -0.15) is 0 Å². The third kappa shape index (κ3) is 11.8. The quantitative estimate of drug-likeness (QED) is 0.313. The van der Waals surface area contributed by atoms with E-state index in [-0.39, 0.29) is 11.5 Å². The van der Waals surface area contributed by atoms with E-state index in [1.165, 1.54) is 36.4 Å². The predicted molar refractivity (Wildman–Crippen MR) is 148 cm³/mol. The average Bonchev–Trinajstić information content (AvgIpc) is 3.64. The molecule has 3 fully saturated rings. The molecule has 38 heavy (non-hydrogen) atoms. The smallest absolute Gasteiger partial charge is 0.161 e. The molecule has 0 spiro atoms. The number of rotatable bonds is 10. The second kappa shape index (κ2) is 17.8. The summed E-state index contributed by atoms with van der Waals surface area (Å²) in [5.41, 5.74) is 0. The molecule has 0 bridgehead atoms. The molecule has 3 atom stereocenters. The Bertz CT molecular complexity index is 2090. The SMILES string of the molecule is [2H]C([2H])([2H])Oc1ccccc1OC([2H])([2H])C1([2H])OC1([2H])[2H].[2H]C1([2H])NC([2H])([2H])C([2H])([2H])NC1([2H])[2H].[2H]C1N(C([2H])([2H])C([2H])(O)C([2H])([2H])Oc2ccccc2OC([2H])([2H])[2H])C([2H])([2H])C([2H])([2H])NC1([2H])[2H]. The van der Waals surface area contributed by atoms with Crippen molar-refractivity contribution < 1.29 is 71.3 Å². The second-order valence-corrected chi connectivity index (χ2v) is 6.25. The predicted octanol–water partition coefficient (Wildman–Crippen LogP) is 0.992. The van der Waals surface area contributed by atoms with E-state index in [0.717, 1.165) is 12.1 Å². The molecule has 0 aromatic heterocycles. The van der Waals surface area contributed by atoms with Crippen LogP contribution in [-0.4, -0.2) is 114 Å². The first kappa shape index (κ1) is 8.95. The fraction of sp³-hybridized carbons (Fsp3) is 0.571. The number of ether oxygens (including phenoxy) is 5. The van der Waals surface area contributed by atoms with Crippen molar-refractivity contribution in [1.82, 2.24) is 20.9 Å². The molecule has 0 aliphatic carbocycles. The van der Waals surface area contributed by atoms with Crippen LogP contribution < -0.4 is 34.9 Å². The van der Waals surface area contributed by atoms with Crippen molar-refractivity contribution in [3.05, 3.63) is 48.5 Å². The van der Waals surface area contributed by atoms with Gasteiger partial charge in [0.2, 0.25) is 0 Å². The molecule has 3 aliphatic heterocycles. The summed E-state index contributed by atoms with van der Waals surface area (Å²) >= 11 is 0. The van der Waals surface area contributed by atoms with Gasteiger partial charge in [-0.25, -0.2) is 0 Å². The van der Waals surface area contributed by atoms with Crippen molar-refractivity contribution in [3.8, 4) is 23.0 Å². The maximum Gasteiger partial charge on any atom is 0.161 e. The van der Waals surface area contributed by atoms with Crippen molar-refractivity contribution in [2.75, 3.05) is 92.2 Å². The molecule has 212 valence electrons. The number of hydrogen-bond donors (Lipinski definition) is 4. The van der Waals surface area contributed by atoms with Gasteiger partial charge in [0.15, 0.2) is 23.0 Å². The Kier molecular flexibility index (Phi) is 4.20. The second-order valence-electron chi connectivity index (χ2n) is 6.25. The van der Waals surface area contributed by atoms with Crippen LogP contribution in [0.2, 0.25) is 0 Å². The van der Waals surface area contributed by atoms with Crippen molar-refractivity contribution in [2.24, 2.45) is 0 Å². The molecular weight excluding hydrogens is 488 g/mol.